The predicted molar refractivity (Wildman–Crippen MR) is 46.1 cm³/mol. The van der Waals surface area contributed by atoms with Crippen LogP contribution in [0.1, 0.15) is 6.42 Å². The number of ether oxygens (including phenoxy) is 1. The lowest BCUT2D eigenvalue weighted by molar-refractivity contribution is 0.303. The van der Waals surface area contributed by atoms with Gasteiger partial charge < -0.3 is 4.74 Å². The van der Waals surface area contributed by atoms with E-state index < -0.39 is 4.32 Å². The van der Waals surface area contributed by atoms with Gasteiger partial charge in [0.05, 0.1) is 13.2 Å². The molecule has 1 atom stereocenters. The van der Waals surface area contributed by atoms with Gasteiger partial charge in [0, 0.05) is 6.42 Å². The van der Waals surface area contributed by atoms with Gasteiger partial charge in [-0.05, 0) is 18.2 Å². The molecule has 1 aliphatic carbocycles. The molecular weight excluding hydrogens is 206 g/mol. The van der Waals surface area contributed by atoms with E-state index in [1.54, 1.807) is 19.3 Å². The van der Waals surface area contributed by atoms with Crippen molar-refractivity contribution >= 4 is 15.9 Å². The third kappa shape index (κ3) is 1.84. The summed E-state index contributed by atoms with van der Waals surface area (Å²) in [6.45, 7) is 0. The van der Waals surface area contributed by atoms with Crippen molar-refractivity contribution < 1.29 is 4.74 Å². The number of alkyl halides is 1. The van der Waals surface area contributed by atoms with E-state index in [4.69, 9.17) is 10.00 Å². The van der Waals surface area contributed by atoms with Crippen LogP contribution in [0.25, 0.3) is 0 Å². The van der Waals surface area contributed by atoms with E-state index in [0.717, 1.165) is 5.76 Å². The van der Waals surface area contributed by atoms with Gasteiger partial charge in [0.15, 0.2) is 0 Å². The molecular formula is C8H8BrNO. The number of halogens is 1. The summed E-state index contributed by atoms with van der Waals surface area (Å²) in [6.07, 6.45) is 6.13. The molecule has 1 aliphatic rings. The van der Waals surface area contributed by atoms with Gasteiger partial charge in [-0.2, -0.15) is 5.26 Å². The van der Waals surface area contributed by atoms with Crippen molar-refractivity contribution in [1.82, 2.24) is 0 Å². The van der Waals surface area contributed by atoms with Crippen LogP contribution < -0.4 is 0 Å². The Morgan fingerprint density at radius 2 is 2.55 bits per heavy atom. The lowest BCUT2D eigenvalue weighted by Gasteiger charge is -2.16. The van der Waals surface area contributed by atoms with Crippen LogP contribution in [0.2, 0.25) is 0 Å². The molecule has 0 aromatic heterocycles. The van der Waals surface area contributed by atoms with Gasteiger partial charge in [-0.15, -0.1) is 0 Å². The summed E-state index contributed by atoms with van der Waals surface area (Å²) in [6, 6.07) is 2.15. The minimum absolute atomic E-state index is 0.519. The van der Waals surface area contributed by atoms with E-state index in [0.29, 0.717) is 6.42 Å². The van der Waals surface area contributed by atoms with Gasteiger partial charge in [-0.25, -0.2) is 0 Å². The van der Waals surface area contributed by atoms with Crippen LogP contribution in [-0.2, 0) is 4.74 Å². The Kier molecular flexibility index (Phi) is 2.35. The fraction of sp³-hybridized carbons (Fsp3) is 0.375. The highest BCUT2D eigenvalue weighted by Crippen LogP contribution is 2.28. The lowest BCUT2D eigenvalue weighted by atomic mass is 10.0. The third-order valence-electron chi connectivity index (χ3n) is 1.53. The molecule has 0 radical (unpaired) electrons. The monoisotopic (exact) mass is 213 g/mol. The van der Waals surface area contributed by atoms with E-state index in [1.165, 1.54) is 0 Å². The Hall–Kier alpha value is -0.750. The maximum atomic E-state index is 8.69. The summed E-state index contributed by atoms with van der Waals surface area (Å²) in [4.78, 5) is 0. The first-order valence-corrected chi connectivity index (χ1v) is 4.03. The fourth-order valence-corrected chi connectivity index (χ4v) is 1.13. The van der Waals surface area contributed by atoms with E-state index in [1.807, 2.05) is 6.08 Å². The number of nitriles is 1. The average molecular weight is 214 g/mol. The minimum Gasteiger partial charge on any atom is -0.497 e. The number of allylic oxidation sites excluding steroid dienone is 3. The van der Waals surface area contributed by atoms with Gasteiger partial charge in [0.2, 0.25) is 0 Å². The average Bonchev–Trinajstić information content (AvgIpc) is 2.06. The first-order chi connectivity index (χ1) is 5.20. The molecule has 1 unspecified atom stereocenters. The Bertz CT molecular complexity index is 251. The molecule has 0 heterocycles. The zero-order valence-corrected chi connectivity index (χ0v) is 7.76. The molecule has 0 spiro atoms. The fourth-order valence-electron chi connectivity index (χ4n) is 0.834. The molecule has 0 saturated carbocycles. The zero-order chi connectivity index (χ0) is 8.32. The molecule has 0 fully saturated rings. The smallest absolute Gasteiger partial charge is 0.134 e. The Morgan fingerprint density at radius 1 is 1.82 bits per heavy atom. The predicted octanol–water partition coefficient (Wildman–Crippen LogP) is 2.13. The maximum Gasteiger partial charge on any atom is 0.134 e. The Labute approximate surface area is 74.3 Å². The highest BCUT2D eigenvalue weighted by atomic mass is 79.9. The molecule has 3 heteroatoms. The summed E-state index contributed by atoms with van der Waals surface area (Å²) in [5.41, 5.74) is 0. The molecule has 2 nitrogen and oxygen atoms in total. The SMILES string of the molecule is COC1=CCC(Br)(C#N)C=C1. The van der Waals surface area contributed by atoms with Crippen LogP contribution in [0.15, 0.2) is 24.0 Å². The summed E-state index contributed by atoms with van der Waals surface area (Å²) >= 11 is 3.30. The Morgan fingerprint density at radius 3 is 2.91 bits per heavy atom. The topological polar surface area (TPSA) is 33.0 Å². The first-order valence-electron chi connectivity index (χ1n) is 3.24. The van der Waals surface area contributed by atoms with Crippen LogP contribution >= 0.6 is 15.9 Å². The first kappa shape index (κ1) is 8.35. The molecule has 58 valence electrons. The number of hydrogen-bond acceptors (Lipinski definition) is 2. The second-order valence-electron chi connectivity index (χ2n) is 2.32. The van der Waals surface area contributed by atoms with E-state index in [9.17, 15) is 0 Å². The summed E-state index contributed by atoms with van der Waals surface area (Å²) in [7, 11) is 1.61. The third-order valence-corrected chi connectivity index (χ3v) is 2.30. The number of methoxy groups -OCH3 is 1. The quantitative estimate of drug-likeness (QED) is 0.626. The van der Waals surface area contributed by atoms with E-state index in [-0.39, 0.29) is 0 Å². The van der Waals surface area contributed by atoms with Crippen molar-refractivity contribution in [3.63, 3.8) is 0 Å². The summed E-state index contributed by atoms with van der Waals surface area (Å²) in [5.74, 6) is 0.815. The zero-order valence-electron chi connectivity index (χ0n) is 6.17. The highest BCUT2D eigenvalue weighted by Gasteiger charge is 2.24. The molecule has 0 amide bonds. The van der Waals surface area contributed by atoms with Gasteiger partial charge in [0.25, 0.3) is 0 Å². The van der Waals surface area contributed by atoms with Crippen molar-refractivity contribution in [1.29, 1.82) is 5.26 Å². The number of rotatable bonds is 1. The molecule has 0 N–H and O–H groups in total. The van der Waals surface area contributed by atoms with Crippen LogP contribution in [0.3, 0.4) is 0 Å². The van der Waals surface area contributed by atoms with Crippen molar-refractivity contribution in [2.24, 2.45) is 0 Å². The van der Waals surface area contributed by atoms with Crippen LogP contribution in [0.4, 0.5) is 0 Å². The molecule has 0 bridgehead atoms. The van der Waals surface area contributed by atoms with Crippen molar-refractivity contribution in [2.45, 2.75) is 10.7 Å². The summed E-state index contributed by atoms with van der Waals surface area (Å²) in [5, 5.41) is 8.69. The minimum atomic E-state index is -0.519. The Balaban J connectivity index is 2.73. The largest absolute Gasteiger partial charge is 0.497 e. The maximum absolute atomic E-state index is 8.69. The van der Waals surface area contributed by atoms with E-state index >= 15 is 0 Å². The van der Waals surface area contributed by atoms with Gasteiger partial charge in [0.1, 0.15) is 10.1 Å². The van der Waals surface area contributed by atoms with E-state index in [2.05, 4.69) is 22.0 Å². The molecule has 11 heavy (non-hydrogen) atoms. The molecule has 0 aromatic carbocycles. The molecule has 0 saturated heterocycles. The number of hydrogen-bond donors (Lipinski definition) is 0. The second-order valence-corrected chi connectivity index (χ2v) is 3.74. The van der Waals surface area contributed by atoms with Crippen molar-refractivity contribution in [3.8, 4) is 6.07 Å². The van der Waals surface area contributed by atoms with Gasteiger partial charge in [-0.3, -0.25) is 0 Å². The van der Waals surface area contributed by atoms with Crippen LogP contribution in [0, 0.1) is 11.3 Å². The second kappa shape index (κ2) is 3.10. The van der Waals surface area contributed by atoms with Crippen LogP contribution in [-0.4, -0.2) is 11.4 Å². The van der Waals surface area contributed by atoms with Gasteiger partial charge >= 0.3 is 0 Å². The molecule has 1 rings (SSSR count). The lowest BCUT2D eigenvalue weighted by Crippen LogP contribution is -2.15. The molecule has 0 aromatic rings. The molecule has 0 aliphatic heterocycles. The van der Waals surface area contributed by atoms with Crippen molar-refractivity contribution in [3.05, 3.63) is 24.0 Å². The summed E-state index contributed by atoms with van der Waals surface area (Å²) < 4.78 is 4.45. The normalized spacial score (nSPS) is 29.0. The van der Waals surface area contributed by atoms with Crippen molar-refractivity contribution in [2.75, 3.05) is 7.11 Å². The highest BCUT2D eigenvalue weighted by molar-refractivity contribution is 9.10. The standard InChI is InChI=1S/C8H8BrNO/c1-11-7-2-4-8(9,6-10)5-3-7/h2-4H,5H2,1H3. The number of nitrogens with zero attached hydrogens (tertiary/aromatic N) is 1. The van der Waals surface area contributed by atoms with Crippen LogP contribution in [0.5, 0.6) is 0 Å². The van der Waals surface area contributed by atoms with Gasteiger partial charge in [-0.1, -0.05) is 15.9 Å².